The molecule has 1 fully saturated rings. The number of thioether (sulfide) groups is 1. The summed E-state index contributed by atoms with van der Waals surface area (Å²) >= 11 is 2.01. The highest BCUT2D eigenvalue weighted by Crippen LogP contribution is 2.31. The molecule has 0 saturated carbocycles. The Morgan fingerprint density at radius 1 is 1.53 bits per heavy atom. The van der Waals surface area contributed by atoms with Crippen LogP contribution in [0.25, 0.3) is 0 Å². The average Bonchev–Trinajstić information content (AvgIpc) is 2.33. The van der Waals surface area contributed by atoms with Crippen LogP contribution in [0.15, 0.2) is 18.3 Å². The fourth-order valence-electron chi connectivity index (χ4n) is 2.21. The van der Waals surface area contributed by atoms with Gasteiger partial charge < -0.3 is 10.0 Å². The van der Waals surface area contributed by atoms with Crippen molar-refractivity contribution in [2.75, 3.05) is 17.2 Å². The molecule has 1 aromatic heterocycles. The fraction of sp³-hybridized carbons (Fsp3) is 0.615. The molecular weight excluding hydrogens is 232 g/mol. The predicted molar refractivity (Wildman–Crippen MR) is 73.6 cm³/mol. The highest BCUT2D eigenvalue weighted by atomic mass is 32.2. The zero-order valence-corrected chi connectivity index (χ0v) is 11.4. The molecule has 2 heterocycles. The molecule has 1 aromatic rings. The minimum Gasteiger partial charge on any atom is -0.389 e. The second-order valence-electron chi connectivity index (χ2n) is 4.60. The third kappa shape index (κ3) is 2.58. The monoisotopic (exact) mass is 252 g/mol. The Morgan fingerprint density at radius 2 is 2.29 bits per heavy atom. The van der Waals surface area contributed by atoms with Crippen molar-refractivity contribution in [3.63, 3.8) is 0 Å². The molecule has 0 aliphatic carbocycles. The summed E-state index contributed by atoms with van der Waals surface area (Å²) in [5.41, 5.74) is 0.929. The summed E-state index contributed by atoms with van der Waals surface area (Å²) in [7, 11) is 0. The zero-order valence-electron chi connectivity index (χ0n) is 10.6. The molecule has 1 aliphatic heterocycles. The van der Waals surface area contributed by atoms with Crippen molar-refractivity contribution in [3.05, 3.63) is 23.9 Å². The summed E-state index contributed by atoms with van der Waals surface area (Å²) in [6.07, 6.45) is 1.34. The molecule has 0 aromatic carbocycles. The van der Waals surface area contributed by atoms with E-state index in [1.54, 1.807) is 13.1 Å². The lowest BCUT2D eigenvalue weighted by atomic mass is 10.1. The molecule has 94 valence electrons. The van der Waals surface area contributed by atoms with Crippen LogP contribution >= 0.6 is 11.8 Å². The summed E-state index contributed by atoms with van der Waals surface area (Å²) in [6.45, 7) is 7.30. The first kappa shape index (κ1) is 12.7. The van der Waals surface area contributed by atoms with Gasteiger partial charge in [0.2, 0.25) is 0 Å². The van der Waals surface area contributed by atoms with Crippen LogP contribution in [0.2, 0.25) is 0 Å². The summed E-state index contributed by atoms with van der Waals surface area (Å²) in [4.78, 5) is 6.79. The molecule has 1 aliphatic rings. The first-order chi connectivity index (χ1) is 8.11. The quantitative estimate of drug-likeness (QED) is 0.877. The number of hydrogen-bond acceptors (Lipinski definition) is 4. The first-order valence-corrected chi connectivity index (χ1v) is 7.17. The van der Waals surface area contributed by atoms with Gasteiger partial charge in [0.25, 0.3) is 0 Å². The first-order valence-electron chi connectivity index (χ1n) is 6.12. The Morgan fingerprint density at radius 3 is 3.00 bits per heavy atom. The van der Waals surface area contributed by atoms with Gasteiger partial charge in [0.15, 0.2) is 0 Å². The number of anilines is 1. The number of hydrogen-bond donors (Lipinski definition) is 1. The molecule has 0 bridgehead atoms. The van der Waals surface area contributed by atoms with E-state index >= 15 is 0 Å². The van der Waals surface area contributed by atoms with Gasteiger partial charge in [0, 0.05) is 35.3 Å². The number of aromatic nitrogens is 1. The third-order valence-electron chi connectivity index (χ3n) is 3.42. The predicted octanol–water partition coefficient (Wildman–Crippen LogP) is 2.47. The Bertz CT molecular complexity index is 383. The van der Waals surface area contributed by atoms with Gasteiger partial charge in [-0.15, -0.1) is 0 Å². The molecule has 4 heteroatoms. The minimum atomic E-state index is -0.462. The van der Waals surface area contributed by atoms with Crippen LogP contribution in [0, 0.1) is 0 Å². The van der Waals surface area contributed by atoms with E-state index in [1.165, 1.54) is 0 Å². The van der Waals surface area contributed by atoms with E-state index in [4.69, 9.17) is 0 Å². The van der Waals surface area contributed by atoms with Crippen molar-refractivity contribution in [2.24, 2.45) is 0 Å². The smallest absolute Gasteiger partial charge is 0.134 e. The van der Waals surface area contributed by atoms with Gasteiger partial charge in [-0.1, -0.05) is 13.0 Å². The van der Waals surface area contributed by atoms with Crippen LogP contribution in [0.1, 0.15) is 32.4 Å². The Kier molecular flexibility index (Phi) is 3.94. The van der Waals surface area contributed by atoms with Crippen LogP contribution in [-0.2, 0) is 0 Å². The van der Waals surface area contributed by atoms with E-state index < -0.39 is 6.10 Å². The lowest BCUT2D eigenvalue weighted by molar-refractivity contribution is 0.199. The van der Waals surface area contributed by atoms with Crippen LogP contribution < -0.4 is 4.90 Å². The summed E-state index contributed by atoms with van der Waals surface area (Å²) in [5.74, 6) is 2.07. The maximum atomic E-state index is 9.82. The SMILES string of the molecule is CC1SCCN(c2ncccc2[C@H](C)O)C1C. The molecule has 1 saturated heterocycles. The van der Waals surface area contributed by atoms with E-state index in [-0.39, 0.29) is 0 Å². The molecule has 0 spiro atoms. The van der Waals surface area contributed by atoms with E-state index in [0.717, 1.165) is 23.7 Å². The molecule has 3 nitrogen and oxygen atoms in total. The normalized spacial score (nSPS) is 26.9. The molecule has 17 heavy (non-hydrogen) atoms. The summed E-state index contributed by atoms with van der Waals surface area (Å²) in [6, 6.07) is 4.31. The largest absolute Gasteiger partial charge is 0.389 e. The van der Waals surface area contributed by atoms with Gasteiger partial charge in [0.1, 0.15) is 5.82 Å². The minimum absolute atomic E-state index is 0.459. The van der Waals surface area contributed by atoms with Gasteiger partial charge in [0.05, 0.1) is 6.10 Å². The van der Waals surface area contributed by atoms with Crippen molar-refractivity contribution in [2.45, 2.75) is 38.2 Å². The number of aliphatic hydroxyl groups is 1. The van der Waals surface area contributed by atoms with Crippen molar-refractivity contribution in [1.82, 2.24) is 4.98 Å². The maximum absolute atomic E-state index is 9.82. The van der Waals surface area contributed by atoms with Crippen LogP contribution in [0.3, 0.4) is 0 Å². The van der Waals surface area contributed by atoms with Crippen molar-refractivity contribution < 1.29 is 5.11 Å². The molecule has 2 unspecified atom stereocenters. The standard InChI is InChI=1S/C13H20N2OS/c1-9-11(3)17-8-7-15(9)13-12(10(2)16)5-4-6-14-13/h4-6,9-11,16H,7-8H2,1-3H3/t9?,10-,11?/m0/s1. The molecule has 0 radical (unpaired) electrons. The molecular formula is C13H20N2OS. The van der Waals surface area contributed by atoms with Crippen molar-refractivity contribution >= 4 is 17.6 Å². The Balaban J connectivity index is 2.32. The van der Waals surface area contributed by atoms with Gasteiger partial charge in [-0.25, -0.2) is 4.98 Å². The second-order valence-corrected chi connectivity index (χ2v) is 6.09. The lowest BCUT2D eigenvalue weighted by Gasteiger charge is -2.39. The molecule has 1 N–H and O–H groups in total. The number of pyridine rings is 1. The molecule has 0 amide bonds. The highest BCUT2D eigenvalue weighted by Gasteiger charge is 2.28. The molecule has 2 rings (SSSR count). The van der Waals surface area contributed by atoms with E-state index in [1.807, 2.05) is 23.9 Å². The lowest BCUT2D eigenvalue weighted by Crippen LogP contribution is -2.45. The Hall–Kier alpha value is -0.740. The van der Waals surface area contributed by atoms with Crippen LogP contribution in [0.5, 0.6) is 0 Å². The zero-order chi connectivity index (χ0) is 12.4. The van der Waals surface area contributed by atoms with Gasteiger partial charge in [-0.3, -0.25) is 0 Å². The van der Waals surface area contributed by atoms with Crippen molar-refractivity contribution in [3.8, 4) is 0 Å². The summed E-state index contributed by atoms with van der Waals surface area (Å²) < 4.78 is 0. The average molecular weight is 252 g/mol. The molecule has 3 atom stereocenters. The van der Waals surface area contributed by atoms with E-state index in [2.05, 4.69) is 23.7 Å². The number of aliphatic hydroxyl groups excluding tert-OH is 1. The van der Waals surface area contributed by atoms with Crippen LogP contribution in [0.4, 0.5) is 5.82 Å². The topological polar surface area (TPSA) is 36.4 Å². The number of nitrogens with zero attached hydrogens (tertiary/aromatic N) is 2. The van der Waals surface area contributed by atoms with E-state index in [0.29, 0.717) is 11.3 Å². The van der Waals surface area contributed by atoms with Crippen LogP contribution in [-0.4, -0.2) is 33.7 Å². The fourth-order valence-corrected chi connectivity index (χ4v) is 3.31. The van der Waals surface area contributed by atoms with Gasteiger partial charge >= 0.3 is 0 Å². The highest BCUT2D eigenvalue weighted by molar-refractivity contribution is 8.00. The van der Waals surface area contributed by atoms with Gasteiger partial charge in [-0.2, -0.15) is 11.8 Å². The summed E-state index contributed by atoms with van der Waals surface area (Å²) in [5, 5.41) is 10.4. The number of rotatable bonds is 2. The second kappa shape index (κ2) is 5.27. The Labute approximate surface area is 107 Å². The van der Waals surface area contributed by atoms with E-state index in [9.17, 15) is 5.11 Å². The van der Waals surface area contributed by atoms with Gasteiger partial charge in [-0.05, 0) is 19.9 Å². The maximum Gasteiger partial charge on any atom is 0.134 e. The third-order valence-corrected chi connectivity index (χ3v) is 4.76. The van der Waals surface area contributed by atoms with Crippen molar-refractivity contribution in [1.29, 1.82) is 0 Å².